The van der Waals surface area contributed by atoms with Crippen molar-refractivity contribution >= 4 is 0 Å². The van der Waals surface area contributed by atoms with Crippen LogP contribution in [0.4, 0.5) is 0 Å². The molecule has 1 aliphatic rings. The Kier molecular flexibility index (Phi) is 2.46. The second kappa shape index (κ2) is 3.52. The lowest BCUT2D eigenvalue weighted by molar-refractivity contribution is -0.0817. The van der Waals surface area contributed by atoms with Crippen LogP contribution in [0, 0.1) is 5.92 Å². The highest BCUT2D eigenvalue weighted by Gasteiger charge is 2.45. The minimum atomic E-state index is -0.725. The molecule has 15 heavy (non-hydrogen) atoms. The fourth-order valence-electron chi connectivity index (χ4n) is 2.51. The maximum atomic E-state index is 10.4. The molecule has 1 aliphatic carbocycles. The Balaban J connectivity index is 2.37. The number of rotatable bonds is 3. The van der Waals surface area contributed by atoms with E-state index in [1.807, 2.05) is 11.6 Å². The molecule has 0 bridgehead atoms. The van der Waals surface area contributed by atoms with Gasteiger partial charge in [-0.25, -0.2) is 0 Å². The third-order valence-electron chi connectivity index (χ3n) is 3.14. The van der Waals surface area contributed by atoms with Crippen molar-refractivity contribution in [1.29, 1.82) is 0 Å². The lowest BCUT2D eigenvalue weighted by atomic mass is 9.70. The molecule has 1 aromatic heterocycles. The Morgan fingerprint density at radius 2 is 2.33 bits per heavy atom. The smallest absolute Gasteiger partial charge is 0.162 e. The van der Waals surface area contributed by atoms with E-state index in [0.29, 0.717) is 11.7 Å². The van der Waals surface area contributed by atoms with Gasteiger partial charge in [0.25, 0.3) is 0 Å². The molecule has 0 aromatic carbocycles. The van der Waals surface area contributed by atoms with Crippen molar-refractivity contribution in [3.63, 3.8) is 0 Å². The van der Waals surface area contributed by atoms with Crippen molar-refractivity contribution < 1.29 is 9.84 Å². The molecule has 1 saturated carbocycles. The van der Waals surface area contributed by atoms with Gasteiger partial charge in [-0.3, -0.25) is 4.68 Å². The highest BCUT2D eigenvalue weighted by Crippen LogP contribution is 2.48. The summed E-state index contributed by atoms with van der Waals surface area (Å²) in [5.41, 5.74) is 0.114. The first-order valence-corrected chi connectivity index (χ1v) is 5.43. The monoisotopic (exact) mass is 210 g/mol. The molecule has 1 heterocycles. The summed E-state index contributed by atoms with van der Waals surface area (Å²) in [6, 6.07) is 0. The standard InChI is InChI=1S/C11H18N2O2/c1-4-13-10(9(15-3)7-12-13)11(14)5-8(2)6-11/h7-8,14H,4-6H2,1-3H3. The van der Waals surface area contributed by atoms with Crippen molar-refractivity contribution in [1.82, 2.24) is 9.78 Å². The molecule has 84 valence electrons. The lowest BCUT2D eigenvalue weighted by Gasteiger charge is -2.42. The molecule has 0 saturated heterocycles. The van der Waals surface area contributed by atoms with Gasteiger partial charge < -0.3 is 9.84 Å². The average molecular weight is 210 g/mol. The van der Waals surface area contributed by atoms with Crippen LogP contribution >= 0.6 is 0 Å². The highest BCUT2D eigenvalue weighted by molar-refractivity contribution is 5.32. The van der Waals surface area contributed by atoms with Gasteiger partial charge in [-0.2, -0.15) is 5.10 Å². The van der Waals surface area contributed by atoms with Gasteiger partial charge in [-0.05, 0) is 25.7 Å². The van der Waals surface area contributed by atoms with Gasteiger partial charge in [0.1, 0.15) is 11.3 Å². The van der Waals surface area contributed by atoms with Crippen molar-refractivity contribution in [3.8, 4) is 5.75 Å². The Bertz CT molecular complexity index is 332. The Hall–Kier alpha value is -1.03. The molecule has 4 nitrogen and oxygen atoms in total. The second-order valence-corrected chi connectivity index (χ2v) is 4.42. The van der Waals surface area contributed by atoms with E-state index < -0.39 is 5.60 Å². The third kappa shape index (κ3) is 1.53. The summed E-state index contributed by atoms with van der Waals surface area (Å²) in [5, 5.41) is 14.6. The molecule has 0 atom stereocenters. The molecule has 0 radical (unpaired) electrons. The Morgan fingerprint density at radius 3 is 2.80 bits per heavy atom. The van der Waals surface area contributed by atoms with Gasteiger partial charge in [0.15, 0.2) is 5.75 Å². The maximum absolute atomic E-state index is 10.4. The Labute approximate surface area is 89.9 Å². The zero-order chi connectivity index (χ0) is 11.1. The van der Waals surface area contributed by atoms with Gasteiger partial charge in [0.2, 0.25) is 0 Å². The number of hydrogen-bond acceptors (Lipinski definition) is 3. The predicted octanol–water partition coefficient (Wildman–Crippen LogP) is 1.53. The van der Waals surface area contributed by atoms with Gasteiger partial charge in [0.05, 0.1) is 13.3 Å². The molecular formula is C11H18N2O2. The van der Waals surface area contributed by atoms with Crippen LogP contribution in [-0.4, -0.2) is 22.0 Å². The highest BCUT2D eigenvalue weighted by atomic mass is 16.5. The summed E-state index contributed by atoms with van der Waals surface area (Å²) in [5.74, 6) is 1.28. The molecule has 0 unspecified atom stereocenters. The fourth-order valence-corrected chi connectivity index (χ4v) is 2.51. The van der Waals surface area contributed by atoms with Crippen LogP contribution < -0.4 is 4.74 Å². The SMILES string of the molecule is CCn1ncc(OC)c1C1(O)CC(C)C1. The van der Waals surface area contributed by atoms with E-state index in [9.17, 15) is 5.11 Å². The van der Waals surface area contributed by atoms with Crippen LogP contribution in [0.1, 0.15) is 32.4 Å². The summed E-state index contributed by atoms with van der Waals surface area (Å²) in [4.78, 5) is 0. The number of aryl methyl sites for hydroxylation is 1. The first-order valence-electron chi connectivity index (χ1n) is 5.43. The number of nitrogens with zero attached hydrogens (tertiary/aromatic N) is 2. The molecule has 4 heteroatoms. The van der Waals surface area contributed by atoms with Crippen LogP contribution in [-0.2, 0) is 12.1 Å². The van der Waals surface area contributed by atoms with Crippen molar-refractivity contribution in [2.24, 2.45) is 5.92 Å². The number of aliphatic hydroxyl groups is 1. The first kappa shape index (κ1) is 10.5. The summed E-state index contributed by atoms with van der Waals surface area (Å²) >= 11 is 0. The molecule has 0 amide bonds. The van der Waals surface area contributed by atoms with Gasteiger partial charge in [-0.15, -0.1) is 0 Å². The summed E-state index contributed by atoms with van der Waals surface area (Å²) < 4.78 is 7.07. The maximum Gasteiger partial charge on any atom is 0.162 e. The second-order valence-electron chi connectivity index (χ2n) is 4.42. The third-order valence-corrected chi connectivity index (χ3v) is 3.14. The van der Waals surface area contributed by atoms with E-state index in [2.05, 4.69) is 12.0 Å². The van der Waals surface area contributed by atoms with Crippen LogP contribution in [0.25, 0.3) is 0 Å². The average Bonchev–Trinajstić information content (AvgIpc) is 2.58. The normalized spacial score (nSPS) is 30.0. The first-order chi connectivity index (χ1) is 7.10. The van der Waals surface area contributed by atoms with E-state index in [1.54, 1.807) is 13.3 Å². The summed E-state index contributed by atoms with van der Waals surface area (Å²) in [7, 11) is 1.62. The molecule has 0 aliphatic heterocycles. The molecule has 1 aromatic rings. The van der Waals surface area contributed by atoms with E-state index in [1.165, 1.54) is 0 Å². The number of ether oxygens (including phenoxy) is 1. The van der Waals surface area contributed by atoms with Gasteiger partial charge >= 0.3 is 0 Å². The lowest BCUT2D eigenvalue weighted by Crippen LogP contribution is -2.41. The van der Waals surface area contributed by atoms with Crippen LogP contribution in [0.3, 0.4) is 0 Å². The van der Waals surface area contributed by atoms with Crippen molar-refractivity contribution in [2.45, 2.75) is 38.8 Å². The fraction of sp³-hybridized carbons (Fsp3) is 0.727. The van der Waals surface area contributed by atoms with E-state index >= 15 is 0 Å². The quantitative estimate of drug-likeness (QED) is 0.823. The zero-order valence-electron chi connectivity index (χ0n) is 9.53. The minimum absolute atomic E-state index is 0.583. The topological polar surface area (TPSA) is 47.3 Å². The molecule has 1 N–H and O–H groups in total. The number of hydrogen-bond donors (Lipinski definition) is 1. The summed E-state index contributed by atoms with van der Waals surface area (Å²) in [6.45, 7) is 4.92. The van der Waals surface area contributed by atoms with Gasteiger partial charge in [0, 0.05) is 6.54 Å². The Morgan fingerprint density at radius 1 is 1.67 bits per heavy atom. The van der Waals surface area contributed by atoms with Crippen LogP contribution in [0.2, 0.25) is 0 Å². The molecule has 0 spiro atoms. The van der Waals surface area contributed by atoms with Gasteiger partial charge in [-0.1, -0.05) is 6.92 Å². The van der Waals surface area contributed by atoms with E-state index in [-0.39, 0.29) is 0 Å². The van der Waals surface area contributed by atoms with E-state index in [4.69, 9.17) is 4.74 Å². The largest absolute Gasteiger partial charge is 0.493 e. The molecular weight excluding hydrogens is 192 g/mol. The predicted molar refractivity (Wildman–Crippen MR) is 56.7 cm³/mol. The molecule has 1 fully saturated rings. The van der Waals surface area contributed by atoms with E-state index in [0.717, 1.165) is 25.1 Å². The molecule has 2 rings (SSSR count). The van der Waals surface area contributed by atoms with Crippen LogP contribution in [0.5, 0.6) is 5.75 Å². The minimum Gasteiger partial charge on any atom is -0.493 e. The number of methoxy groups -OCH3 is 1. The number of aromatic nitrogens is 2. The zero-order valence-corrected chi connectivity index (χ0v) is 9.53. The van der Waals surface area contributed by atoms with Crippen molar-refractivity contribution in [2.75, 3.05) is 7.11 Å². The summed E-state index contributed by atoms with van der Waals surface area (Å²) in [6.07, 6.45) is 3.28. The van der Waals surface area contributed by atoms with Crippen molar-refractivity contribution in [3.05, 3.63) is 11.9 Å². The van der Waals surface area contributed by atoms with Crippen LogP contribution in [0.15, 0.2) is 6.20 Å².